The van der Waals surface area contributed by atoms with Crippen molar-refractivity contribution in [1.29, 1.82) is 0 Å². The summed E-state index contributed by atoms with van der Waals surface area (Å²) in [6.45, 7) is 1.97. The fourth-order valence-electron chi connectivity index (χ4n) is 2.15. The minimum Gasteiger partial charge on any atom is -0.321 e. The van der Waals surface area contributed by atoms with Crippen molar-refractivity contribution < 1.29 is 22.0 Å². The Morgan fingerprint density at radius 3 is 2.44 bits per heavy atom. The Kier molecular flexibility index (Phi) is 7.52. The number of halogens is 2. The number of carbonyl (C=O) groups excluding carboxylic acids is 1. The highest BCUT2D eigenvalue weighted by molar-refractivity contribution is 7.99. The summed E-state index contributed by atoms with van der Waals surface area (Å²) < 4.78 is 51.3. The van der Waals surface area contributed by atoms with Gasteiger partial charge in [0, 0.05) is 17.5 Å². The van der Waals surface area contributed by atoms with Crippen LogP contribution in [0.2, 0.25) is 0 Å². The molecular weight excluding hydrogens is 394 g/mol. The lowest BCUT2D eigenvalue weighted by Gasteiger charge is -2.08. The number of benzene rings is 2. The SMILES string of the molecule is CCNS(=O)(=O)c1ccc(/C=C/C(=O)Nc2ccccc2SC(F)F)cc1. The zero-order valence-electron chi connectivity index (χ0n) is 14.4. The van der Waals surface area contributed by atoms with Crippen LogP contribution in [0.1, 0.15) is 12.5 Å². The first kappa shape index (κ1) is 21.1. The van der Waals surface area contributed by atoms with Gasteiger partial charge in [-0.05, 0) is 35.9 Å². The lowest BCUT2D eigenvalue weighted by molar-refractivity contribution is -0.111. The number of amides is 1. The van der Waals surface area contributed by atoms with Crippen molar-refractivity contribution in [2.75, 3.05) is 11.9 Å². The molecule has 1 amide bonds. The summed E-state index contributed by atoms with van der Waals surface area (Å²) in [6, 6.07) is 12.3. The first-order valence-electron chi connectivity index (χ1n) is 7.94. The van der Waals surface area contributed by atoms with E-state index in [1.54, 1.807) is 31.2 Å². The molecule has 2 N–H and O–H groups in total. The molecule has 5 nitrogen and oxygen atoms in total. The third kappa shape index (κ3) is 6.46. The number of hydrogen-bond donors (Lipinski definition) is 2. The molecule has 0 aliphatic rings. The molecule has 0 radical (unpaired) electrons. The molecule has 0 saturated heterocycles. The Morgan fingerprint density at radius 2 is 1.81 bits per heavy atom. The van der Waals surface area contributed by atoms with Crippen molar-refractivity contribution in [2.24, 2.45) is 0 Å². The number of hydrogen-bond acceptors (Lipinski definition) is 4. The Morgan fingerprint density at radius 1 is 1.15 bits per heavy atom. The summed E-state index contributed by atoms with van der Waals surface area (Å²) >= 11 is 0.354. The average Bonchev–Trinajstić information content (AvgIpc) is 2.61. The van der Waals surface area contributed by atoms with Gasteiger partial charge < -0.3 is 5.32 Å². The molecule has 9 heteroatoms. The quantitative estimate of drug-likeness (QED) is 0.509. The van der Waals surface area contributed by atoms with Crippen LogP contribution in [0, 0.1) is 0 Å². The van der Waals surface area contributed by atoms with Crippen LogP contribution < -0.4 is 10.0 Å². The van der Waals surface area contributed by atoms with Gasteiger partial charge in [0.1, 0.15) is 0 Å². The molecule has 0 heterocycles. The van der Waals surface area contributed by atoms with E-state index in [0.29, 0.717) is 23.0 Å². The number of anilines is 1. The molecule has 0 aliphatic carbocycles. The molecular formula is C18H18F2N2O3S2. The summed E-state index contributed by atoms with van der Waals surface area (Å²) in [5.41, 5.74) is 0.917. The maximum Gasteiger partial charge on any atom is 0.288 e. The van der Waals surface area contributed by atoms with E-state index in [9.17, 15) is 22.0 Å². The molecule has 0 atom stereocenters. The highest BCUT2D eigenvalue weighted by Crippen LogP contribution is 2.31. The second kappa shape index (κ2) is 9.63. The highest BCUT2D eigenvalue weighted by atomic mass is 32.2. The lowest BCUT2D eigenvalue weighted by Crippen LogP contribution is -2.22. The molecule has 0 spiro atoms. The minimum atomic E-state index is -3.53. The second-order valence-electron chi connectivity index (χ2n) is 5.27. The first-order chi connectivity index (χ1) is 12.8. The van der Waals surface area contributed by atoms with Crippen molar-refractivity contribution >= 4 is 39.5 Å². The van der Waals surface area contributed by atoms with Crippen LogP contribution in [0.3, 0.4) is 0 Å². The van der Waals surface area contributed by atoms with Crippen LogP contribution in [0.15, 0.2) is 64.4 Å². The summed E-state index contributed by atoms with van der Waals surface area (Å²) in [5.74, 6) is -3.07. The van der Waals surface area contributed by atoms with Crippen molar-refractivity contribution in [3.63, 3.8) is 0 Å². The zero-order chi connectivity index (χ0) is 19.9. The molecule has 144 valence electrons. The monoisotopic (exact) mass is 412 g/mol. The fourth-order valence-corrected chi connectivity index (χ4v) is 3.78. The van der Waals surface area contributed by atoms with Crippen LogP contribution >= 0.6 is 11.8 Å². The van der Waals surface area contributed by atoms with Crippen LogP contribution in [-0.4, -0.2) is 26.6 Å². The molecule has 2 aromatic carbocycles. The van der Waals surface area contributed by atoms with E-state index in [4.69, 9.17) is 0 Å². The largest absolute Gasteiger partial charge is 0.321 e. The number of alkyl halides is 2. The molecule has 0 saturated carbocycles. The smallest absolute Gasteiger partial charge is 0.288 e. The van der Waals surface area contributed by atoms with Crippen molar-refractivity contribution in [3.8, 4) is 0 Å². The van der Waals surface area contributed by atoms with Gasteiger partial charge >= 0.3 is 0 Å². The van der Waals surface area contributed by atoms with Gasteiger partial charge in [-0.2, -0.15) is 8.78 Å². The minimum absolute atomic E-state index is 0.129. The zero-order valence-corrected chi connectivity index (χ0v) is 16.0. The normalized spacial score (nSPS) is 11.9. The fraction of sp³-hybridized carbons (Fsp3) is 0.167. The van der Waals surface area contributed by atoms with Crippen molar-refractivity contribution in [2.45, 2.75) is 22.5 Å². The lowest BCUT2D eigenvalue weighted by atomic mass is 10.2. The molecule has 27 heavy (non-hydrogen) atoms. The van der Waals surface area contributed by atoms with Gasteiger partial charge in [0.2, 0.25) is 15.9 Å². The molecule has 0 unspecified atom stereocenters. The number of nitrogens with one attached hydrogen (secondary N) is 2. The van der Waals surface area contributed by atoms with Crippen molar-refractivity contribution in [1.82, 2.24) is 4.72 Å². The molecule has 0 aliphatic heterocycles. The summed E-state index contributed by atoms with van der Waals surface area (Å²) in [5, 5.41) is 2.55. The molecule has 0 bridgehead atoms. The summed E-state index contributed by atoms with van der Waals surface area (Å²) in [4.78, 5) is 12.4. The Balaban J connectivity index is 2.05. The Bertz CT molecular complexity index is 914. The standard InChI is InChI=1S/C18H18F2N2O3S2/c1-2-21-27(24,25)14-10-7-13(8-11-14)9-12-17(23)22-15-5-3-4-6-16(15)26-18(19)20/h3-12,18,21H,2H2,1H3,(H,22,23)/b12-9+. The van der Waals surface area contributed by atoms with E-state index >= 15 is 0 Å². The highest BCUT2D eigenvalue weighted by Gasteiger charge is 2.12. The predicted molar refractivity (Wildman–Crippen MR) is 103 cm³/mol. The van der Waals surface area contributed by atoms with Crippen LogP contribution in [-0.2, 0) is 14.8 Å². The summed E-state index contributed by atoms with van der Waals surface area (Å²) in [6.07, 6.45) is 2.75. The number of para-hydroxylation sites is 1. The van der Waals surface area contributed by atoms with E-state index in [1.807, 2.05) is 0 Å². The number of carbonyl (C=O) groups is 1. The van der Waals surface area contributed by atoms with E-state index < -0.39 is 21.7 Å². The maximum atomic E-state index is 12.6. The number of rotatable bonds is 8. The van der Waals surface area contributed by atoms with E-state index in [-0.39, 0.29) is 16.3 Å². The van der Waals surface area contributed by atoms with Gasteiger partial charge in [-0.3, -0.25) is 4.79 Å². The average molecular weight is 412 g/mol. The third-order valence-corrected chi connectivity index (χ3v) is 5.66. The van der Waals surface area contributed by atoms with E-state index in [0.717, 1.165) is 0 Å². The van der Waals surface area contributed by atoms with Gasteiger partial charge in [-0.15, -0.1) is 0 Å². The van der Waals surface area contributed by atoms with Gasteiger partial charge in [0.25, 0.3) is 5.76 Å². The van der Waals surface area contributed by atoms with Crippen LogP contribution in [0.4, 0.5) is 14.5 Å². The van der Waals surface area contributed by atoms with Gasteiger partial charge in [0.15, 0.2) is 0 Å². The Labute approximate surface area is 160 Å². The molecule has 2 rings (SSSR count). The van der Waals surface area contributed by atoms with E-state index in [2.05, 4.69) is 10.0 Å². The topological polar surface area (TPSA) is 75.3 Å². The third-order valence-electron chi connectivity index (χ3n) is 3.31. The molecule has 0 fully saturated rings. The number of sulfonamides is 1. The maximum absolute atomic E-state index is 12.6. The molecule has 0 aromatic heterocycles. The van der Waals surface area contributed by atoms with Gasteiger partial charge in [-0.1, -0.05) is 43.0 Å². The van der Waals surface area contributed by atoms with Crippen LogP contribution in [0.5, 0.6) is 0 Å². The predicted octanol–water partition coefficient (Wildman–Crippen LogP) is 3.95. The molecule has 2 aromatic rings. The van der Waals surface area contributed by atoms with Crippen molar-refractivity contribution in [3.05, 3.63) is 60.2 Å². The number of thioether (sulfide) groups is 1. The second-order valence-corrected chi connectivity index (χ2v) is 8.07. The van der Waals surface area contributed by atoms with Gasteiger partial charge in [0.05, 0.1) is 10.6 Å². The van der Waals surface area contributed by atoms with E-state index in [1.165, 1.54) is 36.4 Å². The van der Waals surface area contributed by atoms with Gasteiger partial charge in [-0.25, -0.2) is 13.1 Å². The first-order valence-corrected chi connectivity index (χ1v) is 10.3. The van der Waals surface area contributed by atoms with Crippen LogP contribution in [0.25, 0.3) is 6.08 Å². The Hall–Kier alpha value is -2.23. The summed E-state index contributed by atoms with van der Waals surface area (Å²) in [7, 11) is -3.53.